The number of nitrogens with zero attached hydrogens (tertiary/aromatic N) is 1. The summed E-state index contributed by atoms with van der Waals surface area (Å²) in [5.74, 6) is -0.825. The van der Waals surface area contributed by atoms with E-state index in [1.54, 1.807) is 60.7 Å². The minimum absolute atomic E-state index is 0.278. The van der Waals surface area contributed by atoms with E-state index in [4.69, 9.17) is 0 Å². The number of hydrogen-bond acceptors (Lipinski definition) is 4. The van der Waals surface area contributed by atoms with Crippen molar-refractivity contribution in [3.63, 3.8) is 0 Å². The van der Waals surface area contributed by atoms with Gasteiger partial charge in [-0.3, -0.25) is 14.6 Å². The fraction of sp³-hybridized carbons (Fsp3) is 0.0500. The molecule has 0 bridgehead atoms. The molecule has 1 heterocycles. The molecule has 0 spiro atoms. The van der Waals surface area contributed by atoms with E-state index in [1.165, 1.54) is 12.4 Å². The summed E-state index contributed by atoms with van der Waals surface area (Å²) in [6.45, 7) is 0. The van der Waals surface area contributed by atoms with Crippen LogP contribution in [0.4, 0.5) is 11.4 Å². The molecule has 2 aromatic carbocycles. The van der Waals surface area contributed by atoms with Crippen LogP contribution in [0.15, 0.2) is 79.1 Å². The van der Waals surface area contributed by atoms with Crippen molar-refractivity contribution in [1.29, 1.82) is 0 Å². The largest absolute Gasteiger partial charge is 0.378 e. The highest BCUT2D eigenvalue weighted by Crippen LogP contribution is 2.19. The van der Waals surface area contributed by atoms with Crippen molar-refractivity contribution in [3.8, 4) is 0 Å². The molecule has 3 rings (SSSR count). The molecule has 1 aromatic heterocycles. The van der Waals surface area contributed by atoms with Gasteiger partial charge in [0, 0.05) is 29.3 Å². The molecule has 0 aliphatic rings. The zero-order valence-electron chi connectivity index (χ0n) is 13.8. The molecule has 0 aliphatic carbocycles. The number of anilines is 2. The molecule has 130 valence electrons. The topological polar surface area (TPSA) is 91.3 Å². The molecule has 1 atom stereocenters. The van der Waals surface area contributed by atoms with Crippen LogP contribution < -0.4 is 10.6 Å². The van der Waals surface area contributed by atoms with Crippen LogP contribution in [0, 0.1) is 0 Å². The van der Waals surface area contributed by atoms with Gasteiger partial charge in [0.25, 0.3) is 11.8 Å². The van der Waals surface area contributed by atoms with Crippen molar-refractivity contribution < 1.29 is 14.7 Å². The number of carbonyl (C=O) groups excluding carboxylic acids is 2. The molecular formula is C20H17N3O3. The summed E-state index contributed by atoms with van der Waals surface area (Å²) in [6, 6.07) is 18.6. The minimum atomic E-state index is -1.27. The van der Waals surface area contributed by atoms with Crippen LogP contribution in [0.5, 0.6) is 0 Å². The summed E-state index contributed by atoms with van der Waals surface area (Å²) in [7, 11) is 0. The molecule has 26 heavy (non-hydrogen) atoms. The zero-order chi connectivity index (χ0) is 18.4. The van der Waals surface area contributed by atoms with Crippen molar-refractivity contribution in [2.45, 2.75) is 6.10 Å². The Balaban J connectivity index is 1.67. The van der Waals surface area contributed by atoms with E-state index < -0.39 is 12.0 Å². The predicted molar refractivity (Wildman–Crippen MR) is 98.7 cm³/mol. The number of nitrogens with one attached hydrogen (secondary N) is 2. The zero-order valence-corrected chi connectivity index (χ0v) is 13.8. The first-order valence-electron chi connectivity index (χ1n) is 7.99. The summed E-state index contributed by atoms with van der Waals surface area (Å²) < 4.78 is 0. The van der Waals surface area contributed by atoms with E-state index in [9.17, 15) is 14.7 Å². The van der Waals surface area contributed by atoms with Gasteiger partial charge in [-0.2, -0.15) is 0 Å². The molecule has 0 saturated heterocycles. The number of rotatable bonds is 5. The van der Waals surface area contributed by atoms with Crippen LogP contribution in [-0.4, -0.2) is 21.9 Å². The molecule has 6 heteroatoms. The maximum Gasteiger partial charge on any atom is 0.257 e. The lowest BCUT2D eigenvalue weighted by Gasteiger charge is -2.13. The smallest absolute Gasteiger partial charge is 0.257 e. The van der Waals surface area contributed by atoms with E-state index >= 15 is 0 Å². The molecule has 3 N–H and O–H groups in total. The number of amides is 2. The van der Waals surface area contributed by atoms with Crippen molar-refractivity contribution in [2.24, 2.45) is 0 Å². The summed E-state index contributed by atoms with van der Waals surface area (Å²) in [4.78, 5) is 28.3. The lowest BCUT2D eigenvalue weighted by molar-refractivity contribution is -0.124. The Hall–Kier alpha value is -3.51. The predicted octanol–water partition coefficient (Wildman–Crippen LogP) is 3.01. The molecule has 0 aliphatic heterocycles. The van der Waals surface area contributed by atoms with Crippen LogP contribution in [-0.2, 0) is 4.79 Å². The molecular weight excluding hydrogens is 330 g/mol. The first-order chi connectivity index (χ1) is 12.6. The van der Waals surface area contributed by atoms with Gasteiger partial charge in [-0.15, -0.1) is 0 Å². The van der Waals surface area contributed by atoms with Gasteiger partial charge in [-0.1, -0.05) is 36.4 Å². The van der Waals surface area contributed by atoms with Crippen LogP contribution >= 0.6 is 0 Å². The lowest BCUT2D eigenvalue weighted by Crippen LogP contribution is -2.21. The molecule has 2 amide bonds. The number of aliphatic hydroxyl groups is 1. The average molecular weight is 347 g/mol. The molecule has 0 radical (unpaired) electrons. The standard InChI is InChI=1S/C20H17N3O3/c24-18(14-5-2-1-3-6-14)20(26)23-17-8-4-7-16(13-17)22-19(25)15-9-11-21-12-10-15/h1-13,18,24H,(H,22,25)(H,23,26)/t18-/m1/s1. The number of carbonyl (C=O) groups is 2. The molecule has 3 aromatic rings. The monoisotopic (exact) mass is 347 g/mol. The fourth-order valence-electron chi connectivity index (χ4n) is 2.38. The molecule has 6 nitrogen and oxygen atoms in total. The SMILES string of the molecule is O=C(Nc1cccc(NC(=O)[C@H](O)c2ccccc2)c1)c1ccncc1. The minimum Gasteiger partial charge on any atom is -0.378 e. The second-order valence-electron chi connectivity index (χ2n) is 5.57. The van der Waals surface area contributed by atoms with E-state index in [2.05, 4.69) is 15.6 Å². The highest BCUT2D eigenvalue weighted by atomic mass is 16.3. The quantitative estimate of drug-likeness (QED) is 0.662. The highest BCUT2D eigenvalue weighted by molar-refractivity contribution is 6.04. The molecule has 0 unspecified atom stereocenters. The normalized spacial score (nSPS) is 11.4. The number of pyridine rings is 1. The van der Waals surface area contributed by atoms with E-state index in [0.29, 0.717) is 22.5 Å². The van der Waals surface area contributed by atoms with Gasteiger partial charge in [0.15, 0.2) is 6.10 Å². The second-order valence-corrected chi connectivity index (χ2v) is 5.57. The molecule has 0 fully saturated rings. The Bertz CT molecular complexity index is 898. The van der Waals surface area contributed by atoms with Crippen LogP contribution in [0.2, 0.25) is 0 Å². The van der Waals surface area contributed by atoms with Gasteiger partial charge in [0.05, 0.1) is 0 Å². The average Bonchev–Trinajstić information content (AvgIpc) is 2.69. The van der Waals surface area contributed by atoms with Crippen LogP contribution in [0.25, 0.3) is 0 Å². The number of aromatic nitrogens is 1. The van der Waals surface area contributed by atoms with Crippen LogP contribution in [0.3, 0.4) is 0 Å². The van der Waals surface area contributed by atoms with Crippen molar-refractivity contribution in [2.75, 3.05) is 10.6 Å². The summed E-state index contributed by atoms with van der Waals surface area (Å²) >= 11 is 0. The summed E-state index contributed by atoms with van der Waals surface area (Å²) in [5, 5.41) is 15.5. The summed E-state index contributed by atoms with van der Waals surface area (Å²) in [5.41, 5.74) is 1.98. The van der Waals surface area contributed by atoms with Crippen molar-refractivity contribution >= 4 is 23.2 Å². The Morgan fingerprint density at radius 1 is 0.846 bits per heavy atom. The van der Waals surface area contributed by atoms with Gasteiger partial charge in [0.1, 0.15) is 0 Å². The highest BCUT2D eigenvalue weighted by Gasteiger charge is 2.17. The van der Waals surface area contributed by atoms with Gasteiger partial charge in [-0.05, 0) is 35.9 Å². The Morgan fingerprint density at radius 3 is 2.19 bits per heavy atom. The van der Waals surface area contributed by atoms with Gasteiger partial charge >= 0.3 is 0 Å². The third-order valence-corrected chi connectivity index (χ3v) is 3.69. The van der Waals surface area contributed by atoms with E-state index in [1.807, 2.05) is 6.07 Å². The number of benzene rings is 2. The van der Waals surface area contributed by atoms with Crippen molar-refractivity contribution in [1.82, 2.24) is 4.98 Å². The first-order valence-corrected chi connectivity index (χ1v) is 7.99. The number of aliphatic hydroxyl groups excluding tert-OH is 1. The maximum atomic E-state index is 12.2. The number of hydrogen-bond donors (Lipinski definition) is 3. The summed E-state index contributed by atoms with van der Waals surface area (Å²) in [6.07, 6.45) is 1.80. The third kappa shape index (κ3) is 4.31. The second kappa shape index (κ2) is 8.04. The lowest BCUT2D eigenvalue weighted by atomic mass is 10.1. The van der Waals surface area contributed by atoms with E-state index in [-0.39, 0.29) is 5.91 Å². The van der Waals surface area contributed by atoms with Crippen molar-refractivity contribution in [3.05, 3.63) is 90.3 Å². The van der Waals surface area contributed by atoms with Crippen LogP contribution in [0.1, 0.15) is 22.0 Å². The van der Waals surface area contributed by atoms with Gasteiger partial charge in [-0.25, -0.2) is 0 Å². The fourth-order valence-corrected chi connectivity index (χ4v) is 2.38. The first kappa shape index (κ1) is 17.3. The Morgan fingerprint density at radius 2 is 1.50 bits per heavy atom. The van der Waals surface area contributed by atoms with E-state index in [0.717, 1.165) is 0 Å². The van der Waals surface area contributed by atoms with Gasteiger partial charge < -0.3 is 15.7 Å². The van der Waals surface area contributed by atoms with Gasteiger partial charge in [0.2, 0.25) is 0 Å². The third-order valence-electron chi connectivity index (χ3n) is 3.69. The maximum absolute atomic E-state index is 12.2. The Labute approximate surface area is 150 Å². The molecule has 0 saturated carbocycles. The Kier molecular flexibility index (Phi) is 5.36.